The normalized spacial score (nSPS) is 13.6. The Balaban J connectivity index is 1.54. The number of fused-ring (bicyclic) bond motifs is 1. The van der Waals surface area contributed by atoms with Crippen molar-refractivity contribution >= 4 is 33.6 Å². The number of carbonyl (C=O) groups excluding carboxylic acids is 1. The molecule has 1 amide bonds. The quantitative estimate of drug-likeness (QED) is 0.664. The standard InChI is InChI=1S/C19H16N4O4S/c24-18(7-4-15-3-1-12-27-15)23-11-8-14-13-16(5-6-17(14)23)28(25,26)22-19-20-9-2-10-21-19/h1-7,9-10,12-13H,8,11H2,(H,20,21,22)/b7-4+. The number of anilines is 2. The van der Waals surface area contributed by atoms with E-state index in [0.717, 1.165) is 5.56 Å². The molecule has 0 unspecified atom stereocenters. The molecule has 1 aromatic carbocycles. The van der Waals surface area contributed by atoms with Crippen LogP contribution in [0.2, 0.25) is 0 Å². The van der Waals surface area contributed by atoms with E-state index in [1.54, 1.807) is 41.3 Å². The monoisotopic (exact) mass is 396 g/mol. The lowest BCUT2D eigenvalue weighted by Gasteiger charge is -2.15. The molecule has 8 nitrogen and oxygen atoms in total. The van der Waals surface area contributed by atoms with Crippen molar-refractivity contribution in [1.82, 2.24) is 9.97 Å². The molecule has 0 radical (unpaired) electrons. The van der Waals surface area contributed by atoms with Gasteiger partial charge in [0, 0.05) is 30.7 Å². The van der Waals surface area contributed by atoms with Gasteiger partial charge in [0.15, 0.2) is 0 Å². The smallest absolute Gasteiger partial charge is 0.264 e. The van der Waals surface area contributed by atoms with Gasteiger partial charge in [-0.05, 0) is 54.5 Å². The van der Waals surface area contributed by atoms with Crippen molar-refractivity contribution in [3.05, 3.63) is 72.5 Å². The minimum absolute atomic E-state index is 0.00265. The molecule has 0 fully saturated rings. The summed E-state index contributed by atoms with van der Waals surface area (Å²) in [4.78, 5) is 21.9. The Labute approximate surface area is 161 Å². The Morgan fingerprint density at radius 1 is 1.18 bits per heavy atom. The van der Waals surface area contributed by atoms with Gasteiger partial charge in [-0.1, -0.05) is 0 Å². The molecule has 9 heteroatoms. The fourth-order valence-corrected chi connectivity index (χ4v) is 3.94. The van der Waals surface area contributed by atoms with Crippen LogP contribution in [-0.4, -0.2) is 30.8 Å². The van der Waals surface area contributed by atoms with Crippen molar-refractivity contribution < 1.29 is 17.6 Å². The third kappa shape index (κ3) is 3.65. The lowest BCUT2D eigenvalue weighted by molar-refractivity contribution is -0.114. The van der Waals surface area contributed by atoms with Gasteiger partial charge in [-0.3, -0.25) is 4.79 Å². The molecule has 0 saturated carbocycles. The number of hydrogen-bond acceptors (Lipinski definition) is 6. The average Bonchev–Trinajstić information content (AvgIpc) is 3.36. The molecule has 0 atom stereocenters. The number of sulfonamides is 1. The lowest BCUT2D eigenvalue weighted by Crippen LogP contribution is -2.26. The molecule has 142 valence electrons. The first-order valence-corrected chi connectivity index (χ1v) is 9.97. The highest BCUT2D eigenvalue weighted by Gasteiger charge is 2.26. The number of furan rings is 1. The van der Waals surface area contributed by atoms with Crippen LogP contribution >= 0.6 is 0 Å². The average molecular weight is 396 g/mol. The highest BCUT2D eigenvalue weighted by Crippen LogP contribution is 2.31. The van der Waals surface area contributed by atoms with Gasteiger partial charge >= 0.3 is 0 Å². The molecule has 0 aliphatic carbocycles. The van der Waals surface area contributed by atoms with E-state index in [9.17, 15) is 13.2 Å². The first-order valence-electron chi connectivity index (χ1n) is 8.49. The van der Waals surface area contributed by atoms with E-state index in [2.05, 4.69) is 14.7 Å². The van der Waals surface area contributed by atoms with Gasteiger partial charge in [0.2, 0.25) is 5.95 Å². The fraction of sp³-hybridized carbons (Fsp3) is 0.105. The van der Waals surface area contributed by atoms with Crippen LogP contribution in [0, 0.1) is 0 Å². The molecule has 1 N–H and O–H groups in total. The molecule has 0 saturated heterocycles. The maximum atomic E-state index is 12.6. The number of amides is 1. The summed E-state index contributed by atoms with van der Waals surface area (Å²) in [5.41, 5.74) is 1.49. The molecule has 0 bridgehead atoms. The molecular formula is C19H16N4O4S. The van der Waals surface area contributed by atoms with E-state index in [1.807, 2.05) is 0 Å². The van der Waals surface area contributed by atoms with Crippen molar-refractivity contribution in [3.8, 4) is 0 Å². The molecular weight excluding hydrogens is 380 g/mol. The third-order valence-corrected chi connectivity index (χ3v) is 5.57. The summed E-state index contributed by atoms with van der Waals surface area (Å²) in [6, 6.07) is 9.77. The number of nitrogens with zero attached hydrogens (tertiary/aromatic N) is 3. The second-order valence-corrected chi connectivity index (χ2v) is 7.74. The predicted molar refractivity (Wildman–Crippen MR) is 103 cm³/mol. The van der Waals surface area contributed by atoms with E-state index in [-0.39, 0.29) is 16.8 Å². The second kappa shape index (κ2) is 7.28. The van der Waals surface area contributed by atoms with Gasteiger partial charge in [-0.2, -0.15) is 0 Å². The fourth-order valence-electron chi connectivity index (χ4n) is 2.93. The van der Waals surface area contributed by atoms with Crippen LogP contribution in [-0.2, 0) is 21.2 Å². The van der Waals surface area contributed by atoms with Crippen molar-refractivity contribution in [1.29, 1.82) is 0 Å². The summed E-state index contributed by atoms with van der Waals surface area (Å²) in [5.74, 6) is 0.396. The third-order valence-electron chi connectivity index (χ3n) is 4.25. The maximum Gasteiger partial charge on any atom is 0.264 e. The molecule has 3 heterocycles. The van der Waals surface area contributed by atoms with Gasteiger partial charge < -0.3 is 9.32 Å². The van der Waals surface area contributed by atoms with E-state index < -0.39 is 10.0 Å². The van der Waals surface area contributed by atoms with Gasteiger partial charge in [-0.15, -0.1) is 0 Å². The van der Waals surface area contributed by atoms with Crippen LogP contribution in [0.4, 0.5) is 11.6 Å². The zero-order valence-electron chi connectivity index (χ0n) is 14.6. The van der Waals surface area contributed by atoms with E-state index in [1.165, 1.54) is 30.8 Å². The topological polar surface area (TPSA) is 105 Å². The summed E-state index contributed by atoms with van der Waals surface area (Å²) >= 11 is 0. The summed E-state index contributed by atoms with van der Waals surface area (Å²) in [7, 11) is -3.82. The number of nitrogens with one attached hydrogen (secondary N) is 1. The van der Waals surface area contributed by atoms with Crippen molar-refractivity contribution in [2.24, 2.45) is 0 Å². The number of hydrogen-bond donors (Lipinski definition) is 1. The summed E-state index contributed by atoms with van der Waals surface area (Å²) in [6.07, 6.45) is 8.04. The predicted octanol–water partition coefficient (Wildman–Crippen LogP) is 2.47. The van der Waals surface area contributed by atoms with Crippen molar-refractivity contribution in [2.45, 2.75) is 11.3 Å². The zero-order valence-corrected chi connectivity index (χ0v) is 15.5. The van der Waals surface area contributed by atoms with E-state index in [0.29, 0.717) is 24.4 Å². The van der Waals surface area contributed by atoms with Crippen LogP contribution in [0.15, 0.2) is 70.4 Å². The van der Waals surface area contributed by atoms with E-state index >= 15 is 0 Å². The van der Waals surface area contributed by atoms with Gasteiger partial charge in [0.1, 0.15) is 5.76 Å². The number of aromatic nitrogens is 2. The first kappa shape index (κ1) is 17.9. The van der Waals surface area contributed by atoms with Crippen LogP contribution in [0.5, 0.6) is 0 Å². The summed E-state index contributed by atoms with van der Waals surface area (Å²) in [6.45, 7) is 0.482. The number of carbonyl (C=O) groups is 1. The van der Waals surface area contributed by atoms with Crippen molar-refractivity contribution in [2.75, 3.05) is 16.2 Å². The SMILES string of the molecule is O=C(/C=C/c1ccco1)N1CCc2cc(S(=O)(=O)Nc3ncccn3)ccc21. The minimum atomic E-state index is -3.82. The molecule has 2 aromatic heterocycles. The molecule has 28 heavy (non-hydrogen) atoms. The van der Waals surface area contributed by atoms with Crippen LogP contribution in [0.3, 0.4) is 0 Å². The zero-order chi connectivity index (χ0) is 19.6. The summed E-state index contributed by atoms with van der Waals surface area (Å²) in [5, 5.41) is 0. The minimum Gasteiger partial charge on any atom is -0.465 e. The highest BCUT2D eigenvalue weighted by atomic mass is 32.2. The number of benzene rings is 1. The van der Waals surface area contributed by atoms with E-state index in [4.69, 9.17) is 4.42 Å². The molecule has 3 aromatic rings. The van der Waals surface area contributed by atoms with Gasteiger partial charge in [0.05, 0.1) is 11.2 Å². The van der Waals surface area contributed by atoms with Crippen LogP contribution < -0.4 is 9.62 Å². The number of rotatable bonds is 5. The Bertz CT molecular complexity index is 1130. The Hall–Kier alpha value is -3.46. The van der Waals surface area contributed by atoms with Gasteiger partial charge in [-0.25, -0.2) is 23.1 Å². The highest BCUT2D eigenvalue weighted by molar-refractivity contribution is 7.92. The Morgan fingerprint density at radius 3 is 2.75 bits per heavy atom. The second-order valence-electron chi connectivity index (χ2n) is 6.06. The van der Waals surface area contributed by atoms with Crippen molar-refractivity contribution in [3.63, 3.8) is 0 Å². The van der Waals surface area contributed by atoms with Gasteiger partial charge in [0.25, 0.3) is 15.9 Å². The first-order chi connectivity index (χ1) is 13.5. The Morgan fingerprint density at radius 2 is 2.00 bits per heavy atom. The summed E-state index contributed by atoms with van der Waals surface area (Å²) < 4.78 is 32.6. The maximum absolute atomic E-state index is 12.6. The molecule has 0 spiro atoms. The van der Waals surface area contributed by atoms with Crippen LogP contribution in [0.1, 0.15) is 11.3 Å². The van der Waals surface area contributed by atoms with Crippen LogP contribution in [0.25, 0.3) is 6.08 Å². The molecule has 1 aliphatic heterocycles. The largest absolute Gasteiger partial charge is 0.465 e. The lowest BCUT2D eigenvalue weighted by atomic mass is 10.2. The molecule has 1 aliphatic rings. The Kier molecular flexibility index (Phi) is 4.66. The molecule has 4 rings (SSSR count).